The molecule has 1 heterocycles. The number of hydrogen-bond donors (Lipinski definition) is 1. The third kappa shape index (κ3) is 2.93. The number of methoxy groups -OCH3 is 1. The fraction of sp³-hybridized carbons (Fsp3) is 0.143. The van der Waals surface area contributed by atoms with E-state index in [1.54, 1.807) is 20.2 Å². The lowest BCUT2D eigenvalue weighted by molar-refractivity contribution is 0.414. The molecule has 0 aliphatic heterocycles. The van der Waals surface area contributed by atoms with Gasteiger partial charge in [-0.2, -0.15) is 10.2 Å². The van der Waals surface area contributed by atoms with Crippen molar-refractivity contribution < 1.29 is 9.15 Å². The minimum atomic E-state index is 0.243. The van der Waals surface area contributed by atoms with Crippen molar-refractivity contribution in [2.45, 2.75) is 0 Å². The van der Waals surface area contributed by atoms with E-state index in [0.717, 1.165) is 11.3 Å². The molecule has 0 amide bonds. The van der Waals surface area contributed by atoms with Crippen LogP contribution in [0.3, 0.4) is 0 Å². The van der Waals surface area contributed by atoms with Crippen LogP contribution in [0.4, 0.5) is 5.88 Å². The monoisotopic (exact) mass is 255 g/mol. The summed E-state index contributed by atoms with van der Waals surface area (Å²) in [5.74, 6) is 1.53. The lowest BCUT2D eigenvalue weighted by Gasteiger charge is -1.99. The van der Waals surface area contributed by atoms with Crippen molar-refractivity contribution in [2.75, 3.05) is 19.5 Å². The molecule has 0 unspecified atom stereocenters. The molecule has 0 bridgehead atoms. The Morgan fingerprint density at radius 2 is 2.26 bits per heavy atom. The molecule has 5 nitrogen and oxygen atoms in total. The van der Waals surface area contributed by atoms with Crippen LogP contribution in [-0.2, 0) is 0 Å². The SMILES string of the molecule is CNc1oc(/C=C/c2cccc(OC)c2)nc1C#N. The second kappa shape index (κ2) is 5.74. The number of rotatable bonds is 4. The standard InChI is InChI=1S/C14H13N3O2/c1-16-14-12(9-15)17-13(19-14)7-6-10-4-3-5-11(8-10)18-2/h3-8,16H,1-2H3/b7-6+. The zero-order chi connectivity index (χ0) is 13.7. The van der Waals surface area contributed by atoms with E-state index >= 15 is 0 Å². The Bertz CT molecular complexity index is 638. The van der Waals surface area contributed by atoms with Gasteiger partial charge in [0.05, 0.1) is 7.11 Å². The van der Waals surface area contributed by atoms with Gasteiger partial charge in [-0.15, -0.1) is 0 Å². The van der Waals surface area contributed by atoms with Crippen LogP contribution >= 0.6 is 0 Å². The number of hydrogen-bond acceptors (Lipinski definition) is 5. The first-order valence-electron chi connectivity index (χ1n) is 5.67. The summed E-state index contributed by atoms with van der Waals surface area (Å²) in [6, 6.07) is 9.56. The highest BCUT2D eigenvalue weighted by Crippen LogP contribution is 2.19. The summed E-state index contributed by atoms with van der Waals surface area (Å²) in [6.45, 7) is 0. The van der Waals surface area contributed by atoms with Gasteiger partial charge < -0.3 is 14.5 Å². The van der Waals surface area contributed by atoms with Gasteiger partial charge in [-0.05, 0) is 23.8 Å². The predicted octanol–water partition coefficient (Wildman–Crippen LogP) is 2.77. The van der Waals surface area contributed by atoms with Gasteiger partial charge in [0.15, 0.2) is 0 Å². The van der Waals surface area contributed by atoms with E-state index in [4.69, 9.17) is 14.4 Å². The highest BCUT2D eigenvalue weighted by molar-refractivity contribution is 5.67. The van der Waals surface area contributed by atoms with Gasteiger partial charge in [-0.3, -0.25) is 0 Å². The Labute approximate surface area is 111 Å². The van der Waals surface area contributed by atoms with Crippen molar-refractivity contribution in [3.8, 4) is 11.8 Å². The Morgan fingerprint density at radius 3 is 2.89 bits per heavy atom. The summed E-state index contributed by atoms with van der Waals surface area (Å²) in [7, 11) is 3.30. The molecule has 0 spiro atoms. The molecule has 0 saturated heterocycles. The van der Waals surface area contributed by atoms with Crippen molar-refractivity contribution in [1.82, 2.24) is 4.98 Å². The molecule has 0 aliphatic carbocycles. The average Bonchev–Trinajstić information content (AvgIpc) is 2.87. The van der Waals surface area contributed by atoms with E-state index in [9.17, 15) is 0 Å². The van der Waals surface area contributed by atoms with Gasteiger partial charge in [0.2, 0.25) is 17.5 Å². The third-order valence-electron chi connectivity index (χ3n) is 2.49. The van der Waals surface area contributed by atoms with Gasteiger partial charge in [0, 0.05) is 13.1 Å². The van der Waals surface area contributed by atoms with Gasteiger partial charge in [0.1, 0.15) is 11.8 Å². The van der Waals surface area contributed by atoms with Gasteiger partial charge in [-0.1, -0.05) is 12.1 Å². The lowest BCUT2D eigenvalue weighted by atomic mass is 10.2. The number of nitrogens with zero attached hydrogens (tertiary/aromatic N) is 2. The number of benzene rings is 1. The molecule has 0 saturated carbocycles. The van der Waals surface area contributed by atoms with Crippen molar-refractivity contribution in [3.63, 3.8) is 0 Å². The third-order valence-corrected chi connectivity index (χ3v) is 2.49. The molecule has 0 radical (unpaired) electrons. The maximum absolute atomic E-state index is 8.86. The van der Waals surface area contributed by atoms with Crippen LogP contribution in [0.1, 0.15) is 17.1 Å². The summed E-state index contributed by atoms with van der Waals surface area (Å²) < 4.78 is 10.5. The Morgan fingerprint density at radius 1 is 1.42 bits per heavy atom. The molecule has 1 aromatic heterocycles. The van der Waals surface area contributed by atoms with Crippen molar-refractivity contribution in [2.24, 2.45) is 0 Å². The van der Waals surface area contributed by atoms with E-state index in [-0.39, 0.29) is 5.69 Å². The molecule has 2 rings (SSSR count). The highest BCUT2D eigenvalue weighted by atomic mass is 16.5. The van der Waals surface area contributed by atoms with Crippen LogP contribution < -0.4 is 10.1 Å². The molecular weight excluding hydrogens is 242 g/mol. The number of nitriles is 1. The molecule has 96 valence electrons. The van der Waals surface area contributed by atoms with E-state index in [0.29, 0.717) is 11.8 Å². The van der Waals surface area contributed by atoms with Crippen LogP contribution in [0, 0.1) is 11.3 Å². The zero-order valence-electron chi connectivity index (χ0n) is 10.7. The fourth-order valence-electron chi connectivity index (χ4n) is 1.57. The molecule has 1 aromatic carbocycles. The molecule has 0 aliphatic rings. The van der Waals surface area contributed by atoms with E-state index in [1.165, 1.54) is 0 Å². The molecular formula is C14H13N3O2. The maximum atomic E-state index is 8.86. The van der Waals surface area contributed by atoms with Gasteiger partial charge in [0.25, 0.3) is 0 Å². The first kappa shape index (κ1) is 12.7. The van der Waals surface area contributed by atoms with Crippen molar-refractivity contribution in [1.29, 1.82) is 5.26 Å². The number of nitrogens with one attached hydrogen (secondary N) is 1. The zero-order valence-corrected chi connectivity index (χ0v) is 10.7. The number of ether oxygens (including phenoxy) is 1. The van der Waals surface area contributed by atoms with Crippen LogP contribution in [0.15, 0.2) is 28.7 Å². The van der Waals surface area contributed by atoms with E-state index in [2.05, 4.69) is 10.3 Å². The Balaban J connectivity index is 2.22. The second-order valence-electron chi connectivity index (χ2n) is 3.70. The van der Waals surface area contributed by atoms with Gasteiger partial charge >= 0.3 is 0 Å². The summed E-state index contributed by atoms with van der Waals surface area (Å²) in [6.07, 6.45) is 3.55. The minimum Gasteiger partial charge on any atom is -0.497 e. The Hall–Kier alpha value is -2.74. The summed E-state index contributed by atoms with van der Waals surface area (Å²) in [4.78, 5) is 4.05. The lowest BCUT2D eigenvalue weighted by Crippen LogP contribution is -1.87. The van der Waals surface area contributed by atoms with Crippen LogP contribution in [0.2, 0.25) is 0 Å². The molecule has 0 fully saturated rings. The maximum Gasteiger partial charge on any atom is 0.232 e. The van der Waals surface area contributed by atoms with E-state index < -0.39 is 0 Å². The summed E-state index contributed by atoms with van der Waals surface area (Å²) in [5, 5.41) is 11.6. The predicted molar refractivity (Wildman–Crippen MR) is 72.7 cm³/mol. The first-order chi connectivity index (χ1) is 9.26. The van der Waals surface area contributed by atoms with Crippen LogP contribution in [0.5, 0.6) is 5.75 Å². The number of aromatic nitrogens is 1. The smallest absolute Gasteiger partial charge is 0.232 e. The Kier molecular flexibility index (Phi) is 3.84. The normalized spacial score (nSPS) is 10.4. The highest BCUT2D eigenvalue weighted by Gasteiger charge is 2.08. The van der Waals surface area contributed by atoms with Gasteiger partial charge in [-0.25, -0.2) is 0 Å². The minimum absolute atomic E-state index is 0.243. The molecule has 2 aromatic rings. The molecule has 19 heavy (non-hydrogen) atoms. The van der Waals surface area contributed by atoms with Crippen LogP contribution in [0.25, 0.3) is 12.2 Å². The molecule has 1 N–H and O–H groups in total. The quantitative estimate of drug-likeness (QED) is 0.909. The number of anilines is 1. The van der Waals surface area contributed by atoms with Crippen LogP contribution in [-0.4, -0.2) is 19.1 Å². The summed E-state index contributed by atoms with van der Waals surface area (Å²) >= 11 is 0. The topological polar surface area (TPSA) is 71.1 Å². The van der Waals surface area contributed by atoms with E-state index in [1.807, 2.05) is 36.4 Å². The van der Waals surface area contributed by atoms with Crippen molar-refractivity contribution in [3.05, 3.63) is 41.4 Å². The average molecular weight is 255 g/mol. The summed E-state index contributed by atoms with van der Waals surface area (Å²) in [5.41, 5.74) is 1.20. The van der Waals surface area contributed by atoms with Crippen molar-refractivity contribution >= 4 is 18.0 Å². The molecule has 0 atom stereocenters. The molecule has 5 heteroatoms. The first-order valence-corrected chi connectivity index (χ1v) is 5.67. The largest absolute Gasteiger partial charge is 0.497 e. The number of oxazole rings is 1. The fourth-order valence-corrected chi connectivity index (χ4v) is 1.57. The second-order valence-corrected chi connectivity index (χ2v) is 3.70.